The molecule has 2 aromatic rings. The van der Waals surface area contributed by atoms with Gasteiger partial charge >= 0.3 is 0 Å². The summed E-state index contributed by atoms with van der Waals surface area (Å²) in [6.45, 7) is 6.71. The molecule has 2 heterocycles. The number of nitrogens with one attached hydrogen (secondary N) is 1. The van der Waals surface area contributed by atoms with E-state index in [2.05, 4.69) is 47.2 Å². The molecule has 0 saturated carbocycles. The number of aryl methyl sites for hydroxylation is 1. The second kappa shape index (κ2) is 5.70. The molecular weight excluding hydrogens is 316 g/mol. The number of aromatic nitrogens is 1. The predicted molar refractivity (Wildman–Crippen MR) is 86.3 cm³/mol. The molecule has 0 saturated heterocycles. The molecule has 0 fully saturated rings. The van der Waals surface area contributed by atoms with Crippen molar-refractivity contribution in [1.82, 2.24) is 4.98 Å². The first kappa shape index (κ1) is 13.8. The van der Waals surface area contributed by atoms with Crippen LogP contribution in [0, 0.1) is 6.92 Å². The normalized spacial score (nSPS) is 14.3. The van der Waals surface area contributed by atoms with Gasteiger partial charge in [-0.3, -0.25) is 4.98 Å². The van der Waals surface area contributed by atoms with Gasteiger partial charge in [0.25, 0.3) is 0 Å². The molecule has 3 nitrogen and oxygen atoms in total. The highest BCUT2D eigenvalue weighted by molar-refractivity contribution is 9.10. The van der Waals surface area contributed by atoms with Gasteiger partial charge in [0.2, 0.25) is 0 Å². The molecule has 0 bridgehead atoms. The molecule has 1 aliphatic rings. The summed E-state index contributed by atoms with van der Waals surface area (Å²) in [5.41, 5.74) is 5.93. The van der Waals surface area contributed by atoms with E-state index in [9.17, 15) is 0 Å². The summed E-state index contributed by atoms with van der Waals surface area (Å²) in [7, 11) is 0. The summed E-state index contributed by atoms with van der Waals surface area (Å²) in [6.07, 6.45) is 2.01. The third kappa shape index (κ3) is 2.31. The maximum absolute atomic E-state index is 5.63. The average molecular weight is 335 g/mol. The Bertz CT molecular complexity index is 655. The van der Waals surface area contributed by atoms with Crippen molar-refractivity contribution in [1.29, 1.82) is 0 Å². The molecule has 1 aromatic carbocycles. The number of anilines is 1. The number of fused-ring (bicyclic) bond motifs is 2. The van der Waals surface area contributed by atoms with Crippen molar-refractivity contribution < 1.29 is 4.74 Å². The van der Waals surface area contributed by atoms with Gasteiger partial charge in [-0.2, -0.15) is 0 Å². The Hall–Kier alpha value is -1.13. The minimum atomic E-state index is 0.666. The minimum Gasteiger partial charge on any atom is -0.384 e. The number of hydrogen-bond donors (Lipinski definition) is 1. The van der Waals surface area contributed by atoms with E-state index in [1.807, 2.05) is 0 Å². The van der Waals surface area contributed by atoms with Crippen LogP contribution in [0.5, 0.6) is 0 Å². The fourth-order valence-electron chi connectivity index (χ4n) is 2.69. The van der Waals surface area contributed by atoms with Crippen molar-refractivity contribution in [3.63, 3.8) is 0 Å². The summed E-state index contributed by atoms with van der Waals surface area (Å²) < 4.78 is 6.75. The second-order valence-electron chi connectivity index (χ2n) is 5.21. The Balaban J connectivity index is 2.27. The monoisotopic (exact) mass is 334 g/mol. The standard InChI is InChI=1S/C16H19BrN2O/c1-3-7-18-16-11-4-5-13(17)10(2)15(11)19-14-6-8-20-9-12(14)16/h4-5H,3,6-9H2,1-2H3,(H,18,19). The van der Waals surface area contributed by atoms with Gasteiger partial charge in [-0.25, -0.2) is 0 Å². The van der Waals surface area contributed by atoms with Crippen LogP contribution in [0.15, 0.2) is 16.6 Å². The first-order valence-corrected chi connectivity index (χ1v) is 7.93. The summed E-state index contributed by atoms with van der Waals surface area (Å²) in [5.74, 6) is 0. The molecule has 0 radical (unpaired) electrons. The third-order valence-electron chi connectivity index (χ3n) is 3.81. The molecule has 0 atom stereocenters. The zero-order valence-corrected chi connectivity index (χ0v) is 13.5. The van der Waals surface area contributed by atoms with Crippen LogP contribution in [0.3, 0.4) is 0 Å². The van der Waals surface area contributed by atoms with E-state index in [1.165, 1.54) is 27.9 Å². The lowest BCUT2D eigenvalue weighted by atomic mass is 10.0. The lowest BCUT2D eigenvalue weighted by Crippen LogP contribution is -2.16. The van der Waals surface area contributed by atoms with E-state index in [0.29, 0.717) is 6.61 Å². The van der Waals surface area contributed by atoms with E-state index in [4.69, 9.17) is 9.72 Å². The number of halogens is 1. The van der Waals surface area contributed by atoms with Crippen LogP contribution in [0.1, 0.15) is 30.2 Å². The topological polar surface area (TPSA) is 34.2 Å². The van der Waals surface area contributed by atoms with E-state index >= 15 is 0 Å². The highest BCUT2D eigenvalue weighted by Gasteiger charge is 2.19. The molecule has 1 N–H and O–H groups in total. The van der Waals surface area contributed by atoms with Gasteiger partial charge in [0.15, 0.2) is 0 Å². The van der Waals surface area contributed by atoms with Crippen LogP contribution in [0.4, 0.5) is 5.69 Å². The number of pyridine rings is 1. The van der Waals surface area contributed by atoms with Gasteiger partial charge < -0.3 is 10.1 Å². The molecule has 1 aliphatic heterocycles. The van der Waals surface area contributed by atoms with Crippen LogP contribution in [-0.4, -0.2) is 18.1 Å². The Morgan fingerprint density at radius 1 is 1.40 bits per heavy atom. The van der Waals surface area contributed by atoms with Crippen molar-refractivity contribution in [2.75, 3.05) is 18.5 Å². The summed E-state index contributed by atoms with van der Waals surface area (Å²) in [6, 6.07) is 4.25. The molecule has 4 heteroatoms. The quantitative estimate of drug-likeness (QED) is 0.913. The van der Waals surface area contributed by atoms with Crippen molar-refractivity contribution in [2.45, 2.75) is 33.3 Å². The van der Waals surface area contributed by atoms with E-state index < -0.39 is 0 Å². The van der Waals surface area contributed by atoms with E-state index in [1.54, 1.807) is 0 Å². The van der Waals surface area contributed by atoms with Crippen LogP contribution in [-0.2, 0) is 17.8 Å². The molecule has 0 unspecified atom stereocenters. The molecule has 3 rings (SSSR count). The Morgan fingerprint density at radius 3 is 3.05 bits per heavy atom. The van der Waals surface area contributed by atoms with Crippen molar-refractivity contribution in [3.8, 4) is 0 Å². The summed E-state index contributed by atoms with van der Waals surface area (Å²) >= 11 is 3.60. The summed E-state index contributed by atoms with van der Waals surface area (Å²) in [5, 5.41) is 4.77. The zero-order valence-electron chi connectivity index (χ0n) is 11.9. The van der Waals surface area contributed by atoms with E-state index in [0.717, 1.165) is 36.0 Å². The van der Waals surface area contributed by atoms with Gasteiger partial charge in [-0.15, -0.1) is 0 Å². The van der Waals surface area contributed by atoms with Crippen molar-refractivity contribution in [3.05, 3.63) is 33.4 Å². The number of ether oxygens (including phenoxy) is 1. The van der Waals surface area contributed by atoms with Gasteiger partial charge in [-0.05, 0) is 31.0 Å². The van der Waals surface area contributed by atoms with Crippen LogP contribution >= 0.6 is 15.9 Å². The second-order valence-corrected chi connectivity index (χ2v) is 6.06. The fourth-order valence-corrected chi connectivity index (χ4v) is 3.01. The first-order valence-electron chi connectivity index (χ1n) is 7.14. The molecule has 20 heavy (non-hydrogen) atoms. The molecule has 0 spiro atoms. The lowest BCUT2D eigenvalue weighted by Gasteiger charge is -2.22. The number of benzene rings is 1. The van der Waals surface area contributed by atoms with Gasteiger partial charge in [-0.1, -0.05) is 22.9 Å². The highest BCUT2D eigenvalue weighted by atomic mass is 79.9. The van der Waals surface area contributed by atoms with Crippen molar-refractivity contribution in [2.24, 2.45) is 0 Å². The maximum atomic E-state index is 5.63. The number of rotatable bonds is 3. The molecule has 0 aliphatic carbocycles. The number of hydrogen-bond acceptors (Lipinski definition) is 3. The largest absolute Gasteiger partial charge is 0.384 e. The predicted octanol–water partition coefficient (Wildman–Crippen LogP) is 4.20. The lowest BCUT2D eigenvalue weighted by molar-refractivity contribution is 0.110. The minimum absolute atomic E-state index is 0.666. The van der Waals surface area contributed by atoms with E-state index in [-0.39, 0.29) is 0 Å². The van der Waals surface area contributed by atoms with Gasteiger partial charge in [0.1, 0.15) is 0 Å². The van der Waals surface area contributed by atoms with Crippen LogP contribution in [0.25, 0.3) is 10.9 Å². The van der Waals surface area contributed by atoms with Crippen LogP contribution < -0.4 is 5.32 Å². The Labute approximate surface area is 127 Å². The maximum Gasteiger partial charge on any atom is 0.0766 e. The SMILES string of the molecule is CCCNc1c2c(nc3c(C)c(Br)ccc13)CCOC2. The molecular formula is C16H19BrN2O. The van der Waals surface area contributed by atoms with Gasteiger partial charge in [0, 0.05) is 28.4 Å². The molecule has 0 amide bonds. The fraction of sp³-hybridized carbons (Fsp3) is 0.438. The summed E-state index contributed by atoms with van der Waals surface area (Å²) in [4.78, 5) is 4.89. The van der Waals surface area contributed by atoms with Crippen LogP contribution in [0.2, 0.25) is 0 Å². The molecule has 1 aromatic heterocycles. The first-order chi connectivity index (χ1) is 9.72. The Morgan fingerprint density at radius 2 is 2.25 bits per heavy atom. The zero-order chi connectivity index (χ0) is 14.1. The average Bonchev–Trinajstić information content (AvgIpc) is 2.48. The number of nitrogens with zero attached hydrogens (tertiary/aromatic N) is 1. The third-order valence-corrected chi connectivity index (χ3v) is 4.67. The Kier molecular flexibility index (Phi) is 3.94. The van der Waals surface area contributed by atoms with Crippen molar-refractivity contribution >= 4 is 32.5 Å². The highest BCUT2D eigenvalue weighted by Crippen LogP contribution is 2.35. The molecule has 106 valence electrons. The smallest absolute Gasteiger partial charge is 0.0766 e. The van der Waals surface area contributed by atoms with Gasteiger partial charge in [0.05, 0.1) is 30.1 Å².